The second kappa shape index (κ2) is 9.06. The van der Waals surface area contributed by atoms with E-state index < -0.39 is 0 Å². The number of likely N-dealkylation sites (tertiary alicyclic amines) is 2. The van der Waals surface area contributed by atoms with Gasteiger partial charge in [-0.25, -0.2) is 0 Å². The summed E-state index contributed by atoms with van der Waals surface area (Å²) >= 11 is 0. The number of ether oxygens (including phenoxy) is 1. The lowest BCUT2D eigenvalue weighted by Gasteiger charge is -2.31. The van der Waals surface area contributed by atoms with Crippen LogP contribution in [0.3, 0.4) is 0 Å². The summed E-state index contributed by atoms with van der Waals surface area (Å²) in [6, 6.07) is 0. The minimum Gasteiger partial charge on any atom is -0.469 e. The van der Waals surface area contributed by atoms with Crippen molar-refractivity contribution >= 4 is 17.8 Å². The van der Waals surface area contributed by atoms with Gasteiger partial charge in [0.1, 0.15) is 0 Å². The first-order valence-electron chi connectivity index (χ1n) is 9.27. The SMILES string of the molecule is CN=C(NCCC(=O)N1CCCC(C)C1)N1CC(C)C(C(=O)OC)C1. The van der Waals surface area contributed by atoms with Crippen molar-refractivity contribution in [3.05, 3.63) is 0 Å². The number of methoxy groups -OCH3 is 1. The highest BCUT2D eigenvalue weighted by atomic mass is 16.5. The molecule has 1 N–H and O–H groups in total. The maximum Gasteiger partial charge on any atom is 0.310 e. The molecule has 2 aliphatic rings. The van der Waals surface area contributed by atoms with E-state index >= 15 is 0 Å². The highest BCUT2D eigenvalue weighted by molar-refractivity contribution is 5.83. The van der Waals surface area contributed by atoms with Gasteiger partial charge in [0.25, 0.3) is 0 Å². The molecule has 2 heterocycles. The van der Waals surface area contributed by atoms with E-state index in [1.807, 2.05) is 4.90 Å². The molecule has 0 aliphatic carbocycles. The average molecular weight is 352 g/mol. The van der Waals surface area contributed by atoms with Crippen LogP contribution in [-0.2, 0) is 14.3 Å². The summed E-state index contributed by atoms with van der Waals surface area (Å²) in [6.45, 7) is 7.92. The van der Waals surface area contributed by atoms with Gasteiger partial charge in [0.05, 0.1) is 13.0 Å². The predicted octanol–water partition coefficient (Wildman–Crippen LogP) is 0.951. The lowest BCUT2D eigenvalue weighted by Crippen LogP contribution is -2.43. The second-order valence-corrected chi connectivity index (χ2v) is 7.32. The Bertz CT molecular complexity index is 509. The number of amides is 1. The lowest BCUT2D eigenvalue weighted by atomic mass is 9.99. The number of hydrogen-bond acceptors (Lipinski definition) is 4. The van der Waals surface area contributed by atoms with E-state index in [1.54, 1.807) is 7.05 Å². The number of guanidine groups is 1. The maximum atomic E-state index is 12.3. The van der Waals surface area contributed by atoms with Gasteiger partial charge in [-0.15, -0.1) is 0 Å². The zero-order chi connectivity index (χ0) is 18.4. The fraction of sp³-hybridized carbons (Fsp3) is 0.833. The minimum absolute atomic E-state index is 0.125. The standard InChI is InChI=1S/C18H32N4O3/c1-13-6-5-9-21(10-13)16(23)7-8-20-18(19-3)22-11-14(2)15(12-22)17(24)25-4/h13-15H,5-12H2,1-4H3,(H,19,20). The minimum atomic E-state index is -0.167. The van der Waals surface area contributed by atoms with E-state index in [9.17, 15) is 9.59 Å². The second-order valence-electron chi connectivity index (χ2n) is 7.32. The van der Waals surface area contributed by atoms with Crippen LogP contribution in [0.2, 0.25) is 0 Å². The smallest absolute Gasteiger partial charge is 0.310 e. The van der Waals surface area contributed by atoms with Gasteiger partial charge in [-0.3, -0.25) is 14.6 Å². The highest BCUT2D eigenvalue weighted by Crippen LogP contribution is 2.24. The topological polar surface area (TPSA) is 74.2 Å². The molecule has 0 saturated carbocycles. The molecule has 0 spiro atoms. The molecule has 2 saturated heterocycles. The van der Waals surface area contributed by atoms with Crippen molar-refractivity contribution in [2.75, 3.05) is 46.9 Å². The normalized spacial score (nSPS) is 27.4. The summed E-state index contributed by atoms with van der Waals surface area (Å²) in [7, 11) is 3.16. The number of carbonyl (C=O) groups is 2. The van der Waals surface area contributed by atoms with Crippen LogP contribution in [0.5, 0.6) is 0 Å². The third-order valence-corrected chi connectivity index (χ3v) is 5.26. The Morgan fingerprint density at radius 2 is 1.96 bits per heavy atom. The molecule has 2 fully saturated rings. The zero-order valence-electron chi connectivity index (χ0n) is 16.0. The van der Waals surface area contributed by atoms with Gasteiger partial charge in [0.15, 0.2) is 5.96 Å². The monoisotopic (exact) mass is 352 g/mol. The summed E-state index contributed by atoms with van der Waals surface area (Å²) < 4.78 is 4.88. The van der Waals surface area contributed by atoms with Crippen molar-refractivity contribution in [3.8, 4) is 0 Å². The first-order valence-corrected chi connectivity index (χ1v) is 9.27. The molecule has 25 heavy (non-hydrogen) atoms. The van der Waals surface area contributed by atoms with Crippen molar-refractivity contribution in [1.29, 1.82) is 0 Å². The first kappa shape index (κ1) is 19.5. The number of esters is 1. The van der Waals surface area contributed by atoms with Crippen LogP contribution < -0.4 is 5.32 Å². The molecule has 0 bridgehead atoms. The molecule has 142 valence electrons. The molecular weight excluding hydrogens is 320 g/mol. The average Bonchev–Trinajstić information content (AvgIpc) is 2.99. The van der Waals surface area contributed by atoms with E-state index in [1.165, 1.54) is 13.5 Å². The Balaban J connectivity index is 1.79. The summed E-state index contributed by atoms with van der Waals surface area (Å²) in [4.78, 5) is 32.5. The number of piperidine rings is 1. The largest absolute Gasteiger partial charge is 0.469 e. The van der Waals surface area contributed by atoms with Gasteiger partial charge < -0.3 is 19.9 Å². The van der Waals surface area contributed by atoms with Crippen molar-refractivity contribution in [2.24, 2.45) is 22.7 Å². The molecule has 2 rings (SSSR count). The van der Waals surface area contributed by atoms with E-state index in [-0.39, 0.29) is 23.7 Å². The van der Waals surface area contributed by atoms with Crippen LogP contribution in [0.1, 0.15) is 33.1 Å². The summed E-state index contributed by atoms with van der Waals surface area (Å²) in [5, 5.41) is 3.27. The van der Waals surface area contributed by atoms with Crippen LogP contribution in [0.25, 0.3) is 0 Å². The third kappa shape index (κ3) is 5.09. The van der Waals surface area contributed by atoms with E-state index in [4.69, 9.17) is 4.74 Å². The lowest BCUT2D eigenvalue weighted by molar-refractivity contribution is -0.146. The van der Waals surface area contributed by atoms with E-state index in [0.717, 1.165) is 32.0 Å². The molecule has 0 radical (unpaired) electrons. The molecule has 7 nitrogen and oxygen atoms in total. The number of carbonyl (C=O) groups excluding carboxylic acids is 2. The van der Waals surface area contributed by atoms with Crippen molar-refractivity contribution < 1.29 is 14.3 Å². The van der Waals surface area contributed by atoms with Gasteiger partial charge in [-0.05, 0) is 24.7 Å². The molecule has 3 unspecified atom stereocenters. The number of hydrogen-bond donors (Lipinski definition) is 1. The predicted molar refractivity (Wildman–Crippen MR) is 97.2 cm³/mol. The van der Waals surface area contributed by atoms with E-state index in [0.29, 0.717) is 25.4 Å². The van der Waals surface area contributed by atoms with Gasteiger partial charge in [0.2, 0.25) is 5.91 Å². The number of nitrogens with one attached hydrogen (secondary N) is 1. The summed E-state index contributed by atoms with van der Waals surface area (Å²) in [6.07, 6.45) is 2.78. The first-order chi connectivity index (χ1) is 12.0. The fourth-order valence-corrected chi connectivity index (χ4v) is 3.79. The van der Waals surface area contributed by atoms with Crippen LogP contribution >= 0.6 is 0 Å². The molecule has 3 atom stereocenters. The van der Waals surface area contributed by atoms with Crippen molar-refractivity contribution in [2.45, 2.75) is 33.1 Å². The number of nitrogens with zero attached hydrogens (tertiary/aromatic N) is 3. The van der Waals surface area contributed by atoms with Crippen LogP contribution in [0, 0.1) is 17.8 Å². The molecule has 7 heteroatoms. The number of rotatable bonds is 4. The van der Waals surface area contributed by atoms with Gasteiger partial charge in [-0.2, -0.15) is 0 Å². The Labute approximate surface area is 150 Å². The summed E-state index contributed by atoms with van der Waals surface area (Å²) in [5.41, 5.74) is 0. The third-order valence-electron chi connectivity index (χ3n) is 5.26. The van der Waals surface area contributed by atoms with Crippen LogP contribution in [0.15, 0.2) is 4.99 Å². The van der Waals surface area contributed by atoms with Gasteiger partial charge >= 0.3 is 5.97 Å². The molecule has 1 amide bonds. The summed E-state index contributed by atoms with van der Waals surface area (Å²) in [5.74, 6) is 1.48. The Kier molecular flexibility index (Phi) is 7.08. The van der Waals surface area contributed by atoms with Gasteiger partial charge in [-0.1, -0.05) is 13.8 Å². The maximum absolute atomic E-state index is 12.3. The van der Waals surface area contributed by atoms with Crippen LogP contribution in [-0.4, -0.2) is 74.5 Å². The molecule has 0 aromatic heterocycles. The van der Waals surface area contributed by atoms with E-state index in [2.05, 4.69) is 29.1 Å². The molecule has 0 aromatic carbocycles. The number of aliphatic imine (C=N–C) groups is 1. The molecule has 2 aliphatic heterocycles. The van der Waals surface area contributed by atoms with Gasteiger partial charge in [0, 0.05) is 46.2 Å². The Morgan fingerprint density at radius 3 is 2.60 bits per heavy atom. The highest BCUT2D eigenvalue weighted by Gasteiger charge is 2.36. The van der Waals surface area contributed by atoms with Crippen molar-refractivity contribution in [1.82, 2.24) is 15.1 Å². The quantitative estimate of drug-likeness (QED) is 0.463. The zero-order valence-corrected chi connectivity index (χ0v) is 16.0. The molecule has 0 aromatic rings. The van der Waals surface area contributed by atoms with Crippen molar-refractivity contribution in [3.63, 3.8) is 0 Å². The van der Waals surface area contributed by atoms with Crippen LogP contribution in [0.4, 0.5) is 0 Å². The Morgan fingerprint density at radius 1 is 1.20 bits per heavy atom. The molecular formula is C18H32N4O3. The Hall–Kier alpha value is -1.79. The fourth-order valence-electron chi connectivity index (χ4n) is 3.79.